The Labute approximate surface area is 92.5 Å². The lowest BCUT2D eigenvalue weighted by Crippen LogP contribution is -1.99. The van der Waals surface area contributed by atoms with Crippen molar-refractivity contribution in [1.29, 1.82) is 5.26 Å². The molecule has 16 heavy (non-hydrogen) atoms. The van der Waals surface area contributed by atoms with E-state index in [9.17, 15) is 4.79 Å². The van der Waals surface area contributed by atoms with Crippen molar-refractivity contribution >= 4 is 17.9 Å². The van der Waals surface area contributed by atoms with Crippen LogP contribution in [-0.2, 0) is 9.53 Å². The molecule has 0 saturated carbocycles. The van der Waals surface area contributed by atoms with E-state index in [1.807, 2.05) is 6.07 Å². The van der Waals surface area contributed by atoms with Gasteiger partial charge in [-0.1, -0.05) is 12.1 Å². The van der Waals surface area contributed by atoms with Gasteiger partial charge < -0.3 is 4.74 Å². The summed E-state index contributed by atoms with van der Waals surface area (Å²) in [5, 5.41) is 8.73. The van der Waals surface area contributed by atoms with Crippen molar-refractivity contribution in [2.75, 3.05) is 0 Å². The largest absolute Gasteiger partial charge is 0.407 e. The fourth-order valence-corrected chi connectivity index (χ4v) is 1.37. The summed E-state index contributed by atoms with van der Waals surface area (Å²) < 4.78 is 4.78. The van der Waals surface area contributed by atoms with E-state index in [-0.39, 0.29) is 5.70 Å². The first-order chi connectivity index (χ1) is 7.69. The Morgan fingerprint density at radius 2 is 2.31 bits per heavy atom. The highest BCUT2D eigenvalue weighted by molar-refractivity contribution is 6.06. The fourth-order valence-electron chi connectivity index (χ4n) is 1.37. The van der Waals surface area contributed by atoms with Gasteiger partial charge in [-0.25, -0.2) is 9.79 Å². The third-order valence-corrected chi connectivity index (χ3v) is 2.05. The standard InChI is InChI=1S/C12H8N2O2/c1-8-14-11(12(15)16-8)6-9-3-2-4-10(5-9)7-13/h2-6H,1H3/b11-6+. The van der Waals surface area contributed by atoms with E-state index in [0.717, 1.165) is 5.56 Å². The summed E-state index contributed by atoms with van der Waals surface area (Å²) in [5.41, 5.74) is 1.55. The number of hydrogen-bond donors (Lipinski definition) is 0. The van der Waals surface area contributed by atoms with Gasteiger partial charge in [0.25, 0.3) is 0 Å². The number of rotatable bonds is 1. The molecule has 0 aromatic heterocycles. The van der Waals surface area contributed by atoms with Gasteiger partial charge in [0.1, 0.15) is 0 Å². The Kier molecular flexibility index (Phi) is 2.52. The van der Waals surface area contributed by atoms with Crippen molar-refractivity contribution in [2.24, 2.45) is 4.99 Å². The van der Waals surface area contributed by atoms with Crippen molar-refractivity contribution in [3.8, 4) is 6.07 Å². The minimum absolute atomic E-state index is 0.257. The minimum atomic E-state index is -0.458. The summed E-state index contributed by atoms with van der Waals surface area (Å²) in [5.74, 6) is -0.118. The molecule has 0 amide bonds. The number of cyclic esters (lactones) is 1. The van der Waals surface area contributed by atoms with Gasteiger partial charge in [-0.2, -0.15) is 5.26 Å². The molecule has 78 valence electrons. The second-order valence-electron chi connectivity index (χ2n) is 3.29. The summed E-state index contributed by atoms with van der Waals surface area (Å²) in [4.78, 5) is 15.2. The van der Waals surface area contributed by atoms with Crippen molar-refractivity contribution < 1.29 is 9.53 Å². The van der Waals surface area contributed by atoms with Gasteiger partial charge in [-0.05, 0) is 23.8 Å². The van der Waals surface area contributed by atoms with Crippen LogP contribution in [0.4, 0.5) is 0 Å². The Morgan fingerprint density at radius 3 is 2.94 bits per heavy atom. The zero-order valence-corrected chi connectivity index (χ0v) is 8.60. The number of aliphatic imine (C=N–C) groups is 1. The van der Waals surface area contributed by atoms with Crippen LogP contribution in [0.25, 0.3) is 6.08 Å². The fraction of sp³-hybridized carbons (Fsp3) is 0.0833. The number of nitrogens with zero attached hydrogens (tertiary/aromatic N) is 2. The SMILES string of the molecule is CC1=N/C(=C/c2cccc(C#N)c2)C(=O)O1. The molecule has 4 heteroatoms. The lowest BCUT2D eigenvalue weighted by molar-refractivity contribution is -0.130. The molecule has 4 nitrogen and oxygen atoms in total. The first-order valence-electron chi connectivity index (χ1n) is 4.68. The summed E-state index contributed by atoms with van der Waals surface area (Å²) >= 11 is 0. The van der Waals surface area contributed by atoms with Crippen molar-refractivity contribution in [3.63, 3.8) is 0 Å². The van der Waals surface area contributed by atoms with Crippen molar-refractivity contribution in [3.05, 3.63) is 41.1 Å². The highest BCUT2D eigenvalue weighted by Gasteiger charge is 2.19. The number of carbonyl (C=O) groups is 1. The van der Waals surface area contributed by atoms with E-state index < -0.39 is 5.97 Å². The van der Waals surface area contributed by atoms with Crippen molar-refractivity contribution in [2.45, 2.75) is 6.92 Å². The van der Waals surface area contributed by atoms with E-state index in [1.54, 1.807) is 37.3 Å². The summed E-state index contributed by atoms with van der Waals surface area (Å²) in [6, 6.07) is 8.96. The Bertz CT molecular complexity index is 550. The van der Waals surface area contributed by atoms with Crippen LogP contribution in [-0.4, -0.2) is 11.9 Å². The lowest BCUT2D eigenvalue weighted by Gasteiger charge is -1.94. The highest BCUT2D eigenvalue weighted by atomic mass is 16.6. The van der Waals surface area contributed by atoms with Crippen LogP contribution in [0.5, 0.6) is 0 Å². The topological polar surface area (TPSA) is 62.5 Å². The quantitative estimate of drug-likeness (QED) is 0.527. The zero-order valence-electron chi connectivity index (χ0n) is 8.60. The minimum Gasteiger partial charge on any atom is -0.407 e. The molecule has 1 heterocycles. The Hall–Kier alpha value is -2.41. The Morgan fingerprint density at radius 1 is 1.50 bits per heavy atom. The maximum atomic E-state index is 11.3. The van der Waals surface area contributed by atoms with Crippen molar-refractivity contribution in [1.82, 2.24) is 0 Å². The Balaban J connectivity index is 2.37. The smallest absolute Gasteiger partial charge is 0.363 e. The molecule has 0 radical (unpaired) electrons. The average Bonchev–Trinajstić information content (AvgIpc) is 2.58. The summed E-state index contributed by atoms with van der Waals surface area (Å²) in [6.45, 7) is 1.62. The molecule has 2 rings (SSSR count). The second-order valence-corrected chi connectivity index (χ2v) is 3.29. The van der Waals surface area contributed by atoms with Crippen LogP contribution in [0, 0.1) is 11.3 Å². The van der Waals surface area contributed by atoms with E-state index in [2.05, 4.69) is 4.99 Å². The first kappa shape index (κ1) is 10.1. The molecule has 0 aliphatic carbocycles. The van der Waals surface area contributed by atoms with E-state index in [4.69, 9.17) is 10.00 Å². The van der Waals surface area contributed by atoms with Crippen LogP contribution >= 0.6 is 0 Å². The number of benzene rings is 1. The van der Waals surface area contributed by atoms with Gasteiger partial charge in [-0.3, -0.25) is 0 Å². The maximum Gasteiger partial charge on any atom is 0.363 e. The molecule has 1 aromatic carbocycles. The van der Waals surface area contributed by atoms with Gasteiger partial charge in [0, 0.05) is 6.92 Å². The normalized spacial score (nSPS) is 16.9. The van der Waals surface area contributed by atoms with Gasteiger partial charge in [-0.15, -0.1) is 0 Å². The monoisotopic (exact) mass is 212 g/mol. The van der Waals surface area contributed by atoms with Gasteiger partial charge in [0.2, 0.25) is 0 Å². The third kappa shape index (κ3) is 1.98. The summed E-state index contributed by atoms with van der Waals surface area (Å²) in [6.07, 6.45) is 1.60. The maximum absolute atomic E-state index is 11.3. The zero-order chi connectivity index (χ0) is 11.5. The van der Waals surface area contributed by atoms with Crippen LogP contribution in [0.2, 0.25) is 0 Å². The number of esters is 1. The summed E-state index contributed by atoms with van der Waals surface area (Å²) in [7, 11) is 0. The van der Waals surface area contributed by atoms with Gasteiger partial charge >= 0.3 is 5.97 Å². The number of nitriles is 1. The number of hydrogen-bond acceptors (Lipinski definition) is 4. The lowest BCUT2D eigenvalue weighted by atomic mass is 10.1. The predicted molar refractivity (Wildman–Crippen MR) is 58.3 cm³/mol. The highest BCUT2D eigenvalue weighted by Crippen LogP contribution is 2.15. The molecule has 0 N–H and O–H groups in total. The molecule has 0 bridgehead atoms. The van der Waals surface area contributed by atoms with E-state index >= 15 is 0 Å². The first-order valence-corrected chi connectivity index (χ1v) is 4.68. The number of carbonyl (C=O) groups excluding carboxylic acids is 1. The average molecular weight is 212 g/mol. The molecule has 0 spiro atoms. The van der Waals surface area contributed by atoms with Gasteiger partial charge in [0.05, 0.1) is 11.6 Å². The molecule has 1 aromatic rings. The third-order valence-electron chi connectivity index (χ3n) is 2.05. The predicted octanol–water partition coefficient (Wildman–Crippen LogP) is 1.87. The molecule has 1 aliphatic heterocycles. The van der Waals surface area contributed by atoms with Crippen LogP contribution in [0.1, 0.15) is 18.1 Å². The molecule has 0 saturated heterocycles. The van der Waals surface area contributed by atoms with Crippen LogP contribution in [0.15, 0.2) is 35.0 Å². The molecule has 1 aliphatic rings. The molecular formula is C12H8N2O2. The molecule has 0 fully saturated rings. The van der Waals surface area contributed by atoms with E-state index in [1.165, 1.54) is 0 Å². The van der Waals surface area contributed by atoms with Crippen LogP contribution < -0.4 is 0 Å². The van der Waals surface area contributed by atoms with E-state index in [0.29, 0.717) is 11.5 Å². The molecular weight excluding hydrogens is 204 g/mol. The van der Waals surface area contributed by atoms with Crippen LogP contribution in [0.3, 0.4) is 0 Å². The number of ether oxygens (including phenoxy) is 1. The van der Waals surface area contributed by atoms with Gasteiger partial charge in [0.15, 0.2) is 11.6 Å². The molecule has 0 unspecified atom stereocenters. The molecule has 0 atom stereocenters. The second kappa shape index (κ2) is 3.99.